The minimum atomic E-state index is -0.285. The summed E-state index contributed by atoms with van der Waals surface area (Å²) in [5.41, 5.74) is 5.86. The number of ether oxygens (including phenoxy) is 2. The number of nitrogens with zero attached hydrogens (tertiary/aromatic N) is 1. The summed E-state index contributed by atoms with van der Waals surface area (Å²) in [6.45, 7) is 1.90. The molecule has 0 saturated heterocycles. The van der Waals surface area contributed by atoms with Gasteiger partial charge >= 0.3 is 0 Å². The topological polar surface area (TPSA) is 106 Å². The molecule has 21 heavy (non-hydrogen) atoms. The molecular weight excluding hydrogens is 274 g/mol. The number of oxime groups is 1. The number of rotatable bonds is 7. The Morgan fingerprint density at radius 2 is 2.14 bits per heavy atom. The van der Waals surface area contributed by atoms with Crippen LogP contribution in [0, 0.1) is 0 Å². The van der Waals surface area contributed by atoms with Crippen molar-refractivity contribution in [3.8, 4) is 11.5 Å². The zero-order chi connectivity index (χ0) is 15.8. The molecule has 1 aromatic rings. The largest absolute Gasteiger partial charge is 0.497 e. The average molecular weight is 295 g/mol. The molecule has 0 fully saturated rings. The molecule has 1 rings (SSSR count). The molecule has 0 saturated carbocycles. The maximum atomic E-state index is 12.3. The number of hydrogen-bond acceptors (Lipinski definition) is 5. The van der Waals surface area contributed by atoms with E-state index in [4.69, 9.17) is 20.4 Å². The molecule has 0 bridgehead atoms. The summed E-state index contributed by atoms with van der Waals surface area (Å²) >= 11 is 0. The monoisotopic (exact) mass is 295 g/mol. The molecule has 7 nitrogen and oxygen atoms in total. The van der Waals surface area contributed by atoms with Crippen LogP contribution in [0.2, 0.25) is 0 Å². The van der Waals surface area contributed by atoms with Gasteiger partial charge in [0.1, 0.15) is 17.3 Å². The molecule has 0 aromatic heterocycles. The van der Waals surface area contributed by atoms with E-state index in [0.717, 1.165) is 0 Å². The predicted octanol–water partition coefficient (Wildman–Crippen LogP) is 1.35. The summed E-state index contributed by atoms with van der Waals surface area (Å²) in [4.78, 5) is 12.3. The van der Waals surface area contributed by atoms with E-state index < -0.39 is 0 Å². The Kier molecular flexibility index (Phi) is 6.32. The van der Waals surface area contributed by atoms with Gasteiger partial charge in [0, 0.05) is 18.5 Å². The fourth-order valence-corrected chi connectivity index (χ4v) is 1.84. The van der Waals surface area contributed by atoms with E-state index in [1.807, 2.05) is 6.92 Å². The number of hydrogen-bond donors (Lipinski definition) is 3. The van der Waals surface area contributed by atoms with Crippen molar-refractivity contribution < 1.29 is 19.5 Å². The SMILES string of the molecule is CCC(CC(N)=NO)NC(=O)c1ccc(OC)cc1OC. The van der Waals surface area contributed by atoms with Crippen molar-refractivity contribution in [1.29, 1.82) is 0 Å². The lowest BCUT2D eigenvalue weighted by atomic mass is 10.1. The molecule has 1 unspecified atom stereocenters. The zero-order valence-corrected chi connectivity index (χ0v) is 12.4. The summed E-state index contributed by atoms with van der Waals surface area (Å²) in [6, 6.07) is 4.73. The standard InChI is InChI=1S/C14H21N3O4/c1-4-9(7-13(15)17-19)16-14(18)11-6-5-10(20-2)8-12(11)21-3/h5-6,8-9,19H,4,7H2,1-3H3,(H2,15,17)(H,16,18). The van der Waals surface area contributed by atoms with Crippen LogP contribution < -0.4 is 20.5 Å². The molecule has 1 atom stereocenters. The number of amides is 1. The first-order valence-corrected chi connectivity index (χ1v) is 6.55. The third kappa shape index (κ3) is 4.55. The van der Waals surface area contributed by atoms with Crippen LogP contribution in [-0.2, 0) is 0 Å². The summed E-state index contributed by atoms with van der Waals surface area (Å²) in [7, 11) is 3.03. The van der Waals surface area contributed by atoms with Gasteiger partial charge in [0.25, 0.3) is 5.91 Å². The lowest BCUT2D eigenvalue weighted by Gasteiger charge is -2.17. The Bertz CT molecular complexity index is 517. The van der Waals surface area contributed by atoms with Crippen molar-refractivity contribution in [2.24, 2.45) is 10.9 Å². The highest BCUT2D eigenvalue weighted by Gasteiger charge is 2.17. The van der Waals surface area contributed by atoms with E-state index in [1.54, 1.807) is 25.3 Å². The van der Waals surface area contributed by atoms with Crippen molar-refractivity contribution in [2.75, 3.05) is 14.2 Å². The van der Waals surface area contributed by atoms with Gasteiger partial charge in [-0.05, 0) is 18.6 Å². The molecular formula is C14H21N3O4. The third-order valence-electron chi connectivity index (χ3n) is 3.07. The van der Waals surface area contributed by atoms with Crippen LogP contribution in [0.3, 0.4) is 0 Å². The molecule has 0 heterocycles. The second-order valence-electron chi connectivity index (χ2n) is 4.44. The lowest BCUT2D eigenvalue weighted by Crippen LogP contribution is -2.37. The molecule has 0 spiro atoms. The quantitative estimate of drug-likeness (QED) is 0.305. The third-order valence-corrected chi connectivity index (χ3v) is 3.07. The van der Waals surface area contributed by atoms with Crippen LogP contribution in [0.1, 0.15) is 30.1 Å². The molecule has 1 aromatic carbocycles. The van der Waals surface area contributed by atoms with E-state index in [-0.39, 0.29) is 24.2 Å². The minimum absolute atomic E-state index is 0.0730. The second-order valence-corrected chi connectivity index (χ2v) is 4.44. The number of carbonyl (C=O) groups excluding carboxylic acids is 1. The maximum absolute atomic E-state index is 12.3. The molecule has 0 aliphatic heterocycles. The first-order valence-electron chi connectivity index (χ1n) is 6.55. The van der Waals surface area contributed by atoms with Crippen LogP contribution in [0.4, 0.5) is 0 Å². The van der Waals surface area contributed by atoms with E-state index in [0.29, 0.717) is 23.5 Å². The molecule has 0 aliphatic rings. The van der Waals surface area contributed by atoms with Gasteiger partial charge < -0.3 is 25.7 Å². The van der Waals surface area contributed by atoms with Gasteiger partial charge in [-0.15, -0.1) is 0 Å². The Hall–Kier alpha value is -2.44. The van der Waals surface area contributed by atoms with Crippen molar-refractivity contribution in [2.45, 2.75) is 25.8 Å². The minimum Gasteiger partial charge on any atom is -0.497 e. The number of nitrogens with one attached hydrogen (secondary N) is 1. The molecule has 116 valence electrons. The van der Waals surface area contributed by atoms with Crippen molar-refractivity contribution in [1.82, 2.24) is 5.32 Å². The predicted molar refractivity (Wildman–Crippen MR) is 79.1 cm³/mol. The van der Waals surface area contributed by atoms with Gasteiger partial charge in [0.15, 0.2) is 0 Å². The first-order chi connectivity index (χ1) is 10.0. The highest BCUT2D eigenvalue weighted by Crippen LogP contribution is 2.24. The number of nitrogens with two attached hydrogens (primary N) is 1. The fourth-order valence-electron chi connectivity index (χ4n) is 1.84. The lowest BCUT2D eigenvalue weighted by molar-refractivity contribution is 0.0934. The highest BCUT2D eigenvalue weighted by atomic mass is 16.5. The van der Waals surface area contributed by atoms with E-state index in [2.05, 4.69) is 10.5 Å². The van der Waals surface area contributed by atoms with Crippen LogP contribution in [0.15, 0.2) is 23.4 Å². The van der Waals surface area contributed by atoms with Gasteiger partial charge in [-0.1, -0.05) is 12.1 Å². The highest BCUT2D eigenvalue weighted by molar-refractivity contribution is 5.97. The maximum Gasteiger partial charge on any atom is 0.255 e. The smallest absolute Gasteiger partial charge is 0.255 e. The molecule has 4 N–H and O–H groups in total. The summed E-state index contributed by atoms with van der Waals surface area (Å²) in [6.07, 6.45) is 0.928. The summed E-state index contributed by atoms with van der Waals surface area (Å²) in [5.74, 6) is 0.813. The molecule has 7 heteroatoms. The number of benzene rings is 1. The Morgan fingerprint density at radius 3 is 2.67 bits per heavy atom. The summed E-state index contributed by atoms with van der Waals surface area (Å²) < 4.78 is 10.3. The van der Waals surface area contributed by atoms with Gasteiger partial charge in [-0.25, -0.2) is 0 Å². The fraction of sp³-hybridized carbons (Fsp3) is 0.429. The summed E-state index contributed by atoms with van der Waals surface area (Å²) in [5, 5.41) is 14.3. The first kappa shape index (κ1) is 16.6. The Labute approximate surface area is 123 Å². The molecule has 0 aliphatic carbocycles. The number of carbonyl (C=O) groups is 1. The number of amidine groups is 1. The number of methoxy groups -OCH3 is 2. The van der Waals surface area contributed by atoms with Crippen molar-refractivity contribution in [3.05, 3.63) is 23.8 Å². The second kappa shape index (κ2) is 7.98. The van der Waals surface area contributed by atoms with E-state index in [1.165, 1.54) is 7.11 Å². The Balaban J connectivity index is 2.87. The van der Waals surface area contributed by atoms with Crippen molar-refractivity contribution >= 4 is 11.7 Å². The van der Waals surface area contributed by atoms with E-state index in [9.17, 15) is 4.79 Å². The van der Waals surface area contributed by atoms with Crippen LogP contribution >= 0.6 is 0 Å². The van der Waals surface area contributed by atoms with Gasteiger partial charge in [0.2, 0.25) is 0 Å². The molecule has 1 amide bonds. The van der Waals surface area contributed by atoms with Gasteiger partial charge in [0.05, 0.1) is 19.8 Å². The molecule has 0 radical (unpaired) electrons. The zero-order valence-electron chi connectivity index (χ0n) is 12.4. The van der Waals surface area contributed by atoms with E-state index >= 15 is 0 Å². The van der Waals surface area contributed by atoms with Gasteiger partial charge in [-0.2, -0.15) is 0 Å². The Morgan fingerprint density at radius 1 is 1.43 bits per heavy atom. The van der Waals surface area contributed by atoms with Crippen LogP contribution in [0.25, 0.3) is 0 Å². The van der Waals surface area contributed by atoms with Crippen LogP contribution in [0.5, 0.6) is 11.5 Å². The van der Waals surface area contributed by atoms with Crippen LogP contribution in [-0.4, -0.2) is 37.2 Å². The van der Waals surface area contributed by atoms with Gasteiger partial charge in [-0.3, -0.25) is 4.79 Å². The van der Waals surface area contributed by atoms with Crippen molar-refractivity contribution in [3.63, 3.8) is 0 Å². The average Bonchev–Trinajstić information content (AvgIpc) is 2.52. The normalized spacial score (nSPS) is 12.6.